The topological polar surface area (TPSA) is 29.5 Å². The number of methoxy groups -OCH3 is 1. The lowest BCUT2D eigenvalue weighted by molar-refractivity contribution is 0.179. The Labute approximate surface area is 123 Å². The van der Waals surface area contributed by atoms with Crippen LogP contribution >= 0.6 is 38.9 Å². The summed E-state index contributed by atoms with van der Waals surface area (Å²) in [5.41, 5.74) is 0.797. The summed E-state index contributed by atoms with van der Waals surface area (Å²) in [4.78, 5) is 1.13. The molecular weight excluding hydrogens is 336 g/mol. The average Bonchev–Trinajstić information content (AvgIpc) is 2.74. The lowest BCUT2D eigenvalue weighted by atomic mass is 10.1. The highest BCUT2D eigenvalue weighted by Crippen LogP contribution is 2.31. The van der Waals surface area contributed by atoms with Gasteiger partial charge in [-0.3, -0.25) is 0 Å². The van der Waals surface area contributed by atoms with E-state index in [0.29, 0.717) is 17.2 Å². The molecule has 96 valence electrons. The van der Waals surface area contributed by atoms with Crippen molar-refractivity contribution >= 4 is 38.9 Å². The van der Waals surface area contributed by atoms with Crippen LogP contribution in [0.3, 0.4) is 0 Å². The van der Waals surface area contributed by atoms with E-state index in [0.717, 1.165) is 14.2 Å². The monoisotopic (exact) mass is 346 g/mol. The largest absolute Gasteiger partial charge is 0.495 e. The molecule has 1 N–H and O–H groups in total. The molecule has 0 spiro atoms. The first-order chi connectivity index (χ1) is 8.60. The third-order valence-corrected chi connectivity index (χ3v) is 4.53. The van der Waals surface area contributed by atoms with Crippen LogP contribution in [0.5, 0.6) is 5.75 Å². The van der Waals surface area contributed by atoms with Gasteiger partial charge in [0.15, 0.2) is 0 Å². The molecule has 0 aliphatic heterocycles. The van der Waals surface area contributed by atoms with Crippen LogP contribution in [-0.4, -0.2) is 12.2 Å². The van der Waals surface area contributed by atoms with Gasteiger partial charge in [0.05, 0.1) is 22.0 Å². The molecule has 2 rings (SSSR count). The maximum atomic E-state index is 10.2. The quantitative estimate of drug-likeness (QED) is 0.885. The molecule has 5 heteroatoms. The van der Waals surface area contributed by atoms with Gasteiger partial charge in [-0.1, -0.05) is 17.7 Å². The summed E-state index contributed by atoms with van der Waals surface area (Å²) in [6.45, 7) is 0. The molecule has 1 aromatic carbocycles. The van der Waals surface area contributed by atoms with Crippen molar-refractivity contribution in [2.24, 2.45) is 0 Å². The number of aliphatic hydroxyl groups is 1. The molecule has 0 saturated heterocycles. The Morgan fingerprint density at radius 3 is 2.72 bits per heavy atom. The predicted octanol–water partition coefficient (Wildman–Crippen LogP) is 4.45. The van der Waals surface area contributed by atoms with E-state index in [4.69, 9.17) is 16.3 Å². The molecule has 1 unspecified atom stereocenters. The van der Waals surface area contributed by atoms with Crippen molar-refractivity contribution in [3.8, 4) is 5.75 Å². The van der Waals surface area contributed by atoms with Crippen molar-refractivity contribution in [3.63, 3.8) is 0 Å². The standard InChI is InChI=1S/C13H12BrClO2S/c1-17-12-4-2-8(6-10(12)15)11(16)7-9-3-5-13(14)18-9/h2-6,11,16H,7H2,1H3. The Morgan fingerprint density at radius 1 is 1.39 bits per heavy atom. The van der Waals surface area contributed by atoms with Gasteiger partial charge < -0.3 is 9.84 Å². The molecule has 1 atom stereocenters. The first-order valence-electron chi connectivity index (χ1n) is 5.36. The van der Waals surface area contributed by atoms with Gasteiger partial charge in [0, 0.05) is 11.3 Å². The van der Waals surface area contributed by atoms with E-state index in [9.17, 15) is 5.11 Å². The molecule has 2 nitrogen and oxygen atoms in total. The number of halogens is 2. The fourth-order valence-electron chi connectivity index (χ4n) is 1.66. The Morgan fingerprint density at radius 2 is 2.17 bits per heavy atom. The fraction of sp³-hybridized carbons (Fsp3) is 0.231. The summed E-state index contributed by atoms with van der Waals surface area (Å²) in [6, 6.07) is 9.33. The second-order valence-electron chi connectivity index (χ2n) is 3.82. The van der Waals surface area contributed by atoms with Crippen molar-refractivity contribution < 1.29 is 9.84 Å². The highest BCUT2D eigenvalue weighted by atomic mass is 79.9. The van der Waals surface area contributed by atoms with Crippen LogP contribution < -0.4 is 4.74 Å². The molecule has 0 saturated carbocycles. The number of hydrogen-bond donors (Lipinski definition) is 1. The van der Waals surface area contributed by atoms with Gasteiger partial charge >= 0.3 is 0 Å². The van der Waals surface area contributed by atoms with E-state index in [1.54, 1.807) is 30.6 Å². The van der Waals surface area contributed by atoms with Crippen LogP contribution in [0.4, 0.5) is 0 Å². The zero-order valence-corrected chi connectivity index (χ0v) is 12.8. The first-order valence-corrected chi connectivity index (χ1v) is 7.34. The van der Waals surface area contributed by atoms with Gasteiger partial charge in [-0.05, 0) is 45.8 Å². The van der Waals surface area contributed by atoms with Gasteiger partial charge in [0.1, 0.15) is 5.75 Å². The Hall–Kier alpha value is -0.550. The van der Waals surface area contributed by atoms with E-state index >= 15 is 0 Å². The maximum Gasteiger partial charge on any atom is 0.137 e. The van der Waals surface area contributed by atoms with E-state index < -0.39 is 6.10 Å². The summed E-state index contributed by atoms with van der Waals surface area (Å²) < 4.78 is 6.15. The Balaban J connectivity index is 2.13. The van der Waals surface area contributed by atoms with Gasteiger partial charge in [-0.2, -0.15) is 0 Å². The van der Waals surface area contributed by atoms with Gasteiger partial charge in [0.2, 0.25) is 0 Å². The molecular formula is C13H12BrClO2S. The highest BCUT2D eigenvalue weighted by molar-refractivity contribution is 9.11. The van der Waals surface area contributed by atoms with E-state index in [-0.39, 0.29) is 0 Å². The molecule has 0 aliphatic carbocycles. The number of ether oxygens (including phenoxy) is 1. The third kappa shape index (κ3) is 3.26. The predicted molar refractivity (Wildman–Crippen MR) is 78.7 cm³/mol. The van der Waals surface area contributed by atoms with E-state index in [2.05, 4.69) is 15.9 Å². The second-order valence-corrected chi connectivity index (χ2v) is 6.77. The number of aliphatic hydroxyl groups excluding tert-OH is 1. The average molecular weight is 348 g/mol. The van der Waals surface area contributed by atoms with Crippen molar-refractivity contribution in [1.29, 1.82) is 0 Å². The zero-order chi connectivity index (χ0) is 13.1. The minimum atomic E-state index is -0.557. The van der Waals surface area contributed by atoms with Crippen molar-refractivity contribution in [1.82, 2.24) is 0 Å². The van der Waals surface area contributed by atoms with Crippen molar-refractivity contribution in [2.75, 3.05) is 7.11 Å². The summed E-state index contributed by atoms with van der Waals surface area (Å²) in [6.07, 6.45) is 0.0257. The summed E-state index contributed by atoms with van der Waals surface area (Å²) in [5.74, 6) is 0.617. The molecule has 0 radical (unpaired) electrons. The molecule has 1 heterocycles. The van der Waals surface area contributed by atoms with Gasteiger partial charge in [0.25, 0.3) is 0 Å². The normalized spacial score (nSPS) is 12.4. The van der Waals surface area contributed by atoms with Crippen LogP contribution in [0.2, 0.25) is 5.02 Å². The SMILES string of the molecule is COc1ccc(C(O)Cc2ccc(Br)s2)cc1Cl. The van der Waals surface area contributed by atoms with Crippen molar-refractivity contribution in [3.05, 3.63) is 49.6 Å². The van der Waals surface area contributed by atoms with Gasteiger partial charge in [-0.15, -0.1) is 11.3 Å². The van der Waals surface area contributed by atoms with Crippen LogP contribution in [0.15, 0.2) is 34.1 Å². The minimum absolute atomic E-state index is 0.515. The molecule has 0 aliphatic rings. The third-order valence-electron chi connectivity index (χ3n) is 2.58. The molecule has 18 heavy (non-hydrogen) atoms. The number of benzene rings is 1. The van der Waals surface area contributed by atoms with Crippen LogP contribution in [0, 0.1) is 0 Å². The lowest BCUT2D eigenvalue weighted by Gasteiger charge is -2.11. The lowest BCUT2D eigenvalue weighted by Crippen LogP contribution is -2.00. The summed E-state index contributed by atoms with van der Waals surface area (Å²) >= 11 is 11.1. The van der Waals surface area contributed by atoms with Crippen LogP contribution in [0.1, 0.15) is 16.5 Å². The Bertz CT molecular complexity index is 542. The number of hydrogen-bond acceptors (Lipinski definition) is 3. The number of rotatable bonds is 4. The van der Waals surface area contributed by atoms with E-state index in [1.165, 1.54) is 0 Å². The fourth-order valence-corrected chi connectivity index (χ4v) is 3.45. The second kappa shape index (κ2) is 6.06. The molecule has 0 fully saturated rings. The van der Waals surface area contributed by atoms with Crippen LogP contribution in [0.25, 0.3) is 0 Å². The molecule has 0 amide bonds. The highest BCUT2D eigenvalue weighted by Gasteiger charge is 2.12. The number of thiophene rings is 1. The summed E-state index contributed by atoms with van der Waals surface area (Å²) in [7, 11) is 1.57. The smallest absolute Gasteiger partial charge is 0.137 e. The molecule has 1 aromatic heterocycles. The molecule has 0 bridgehead atoms. The van der Waals surface area contributed by atoms with E-state index in [1.807, 2.05) is 18.2 Å². The minimum Gasteiger partial charge on any atom is -0.495 e. The Kier molecular flexibility index (Phi) is 4.67. The van der Waals surface area contributed by atoms with Gasteiger partial charge in [-0.25, -0.2) is 0 Å². The maximum absolute atomic E-state index is 10.2. The first kappa shape index (κ1) is 13.9. The van der Waals surface area contributed by atoms with Crippen molar-refractivity contribution in [2.45, 2.75) is 12.5 Å². The van der Waals surface area contributed by atoms with Crippen LogP contribution in [-0.2, 0) is 6.42 Å². The summed E-state index contributed by atoms with van der Waals surface area (Å²) in [5, 5.41) is 10.7. The molecule has 2 aromatic rings. The zero-order valence-electron chi connectivity index (χ0n) is 9.69.